The summed E-state index contributed by atoms with van der Waals surface area (Å²) in [7, 11) is 5.08. The summed E-state index contributed by atoms with van der Waals surface area (Å²) in [5.41, 5.74) is 4.20. The molecule has 2 aromatic carbocycles. The summed E-state index contributed by atoms with van der Waals surface area (Å²) >= 11 is 0. The summed E-state index contributed by atoms with van der Waals surface area (Å²) in [4.78, 5) is 16.9. The average Bonchev–Trinajstić information content (AvgIpc) is 3.35. The number of aryl methyl sites for hydroxylation is 1. The van der Waals surface area contributed by atoms with Crippen molar-refractivity contribution in [1.29, 1.82) is 0 Å². The quantitative estimate of drug-likeness (QED) is 0.557. The number of methoxy groups -OCH3 is 2. The number of aromatic amines is 1. The van der Waals surface area contributed by atoms with E-state index in [1.165, 1.54) is 0 Å². The van der Waals surface area contributed by atoms with Crippen molar-refractivity contribution in [2.45, 2.75) is 0 Å². The third-order valence-electron chi connectivity index (χ3n) is 4.49. The lowest BCUT2D eigenvalue weighted by molar-refractivity contribution is 0.102. The van der Waals surface area contributed by atoms with Crippen molar-refractivity contribution < 1.29 is 14.3 Å². The lowest BCUT2D eigenvalue weighted by atomic mass is 10.1. The Morgan fingerprint density at radius 1 is 1.11 bits per heavy atom. The summed E-state index contributed by atoms with van der Waals surface area (Å²) in [6.07, 6.45) is 1.74. The maximum atomic E-state index is 12.6. The minimum atomic E-state index is -0.284. The zero-order chi connectivity index (χ0) is 19.7. The van der Waals surface area contributed by atoms with Gasteiger partial charge < -0.3 is 19.4 Å². The van der Waals surface area contributed by atoms with Gasteiger partial charge in [0.15, 0.2) is 0 Å². The number of carbonyl (C=O) groups is 1. The van der Waals surface area contributed by atoms with Crippen molar-refractivity contribution in [1.82, 2.24) is 19.7 Å². The number of rotatable bonds is 5. The number of ether oxygens (including phenoxy) is 2. The van der Waals surface area contributed by atoms with E-state index in [1.807, 2.05) is 41.9 Å². The minimum absolute atomic E-state index is 0.284. The van der Waals surface area contributed by atoms with Crippen LogP contribution in [0.3, 0.4) is 0 Å². The number of H-pyrrole nitrogens is 1. The van der Waals surface area contributed by atoms with Crippen LogP contribution in [0.2, 0.25) is 0 Å². The summed E-state index contributed by atoms with van der Waals surface area (Å²) in [6, 6.07) is 12.7. The van der Waals surface area contributed by atoms with Crippen molar-refractivity contribution in [2.75, 3.05) is 19.5 Å². The summed E-state index contributed by atoms with van der Waals surface area (Å²) in [6.45, 7) is 0. The molecule has 4 rings (SSSR count). The highest BCUT2D eigenvalue weighted by molar-refractivity contribution is 6.04. The standard InChI is InChI=1S/C20H19N5O3/c1-25-11-21-15-7-4-12(8-18(15)25)22-20(26)17-10-16(23-24-17)14-6-5-13(27-2)9-19(14)28-3/h4-11H,1-3H3,(H,22,26)(H,23,24). The number of hydrogen-bond donors (Lipinski definition) is 2. The number of carbonyl (C=O) groups excluding carboxylic acids is 1. The highest BCUT2D eigenvalue weighted by atomic mass is 16.5. The van der Waals surface area contributed by atoms with Crippen LogP contribution in [0.5, 0.6) is 11.5 Å². The first kappa shape index (κ1) is 17.6. The molecule has 0 spiro atoms. The van der Waals surface area contributed by atoms with E-state index in [4.69, 9.17) is 9.47 Å². The van der Waals surface area contributed by atoms with Crippen LogP contribution in [0.25, 0.3) is 22.3 Å². The fourth-order valence-electron chi connectivity index (χ4n) is 2.99. The molecule has 2 N–H and O–H groups in total. The molecule has 2 heterocycles. The van der Waals surface area contributed by atoms with E-state index >= 15 is 0 Å². The predicted molar refractivity (Wildman–Crippen MR) is 106 cm³/mol. The number of nitrogens with zero attached hydrogens (tertiary/aromatic N) is 3. The van der Waals surface area contributed by atoms with Crippen LogP contribution in [0.15, 0.2) is 48.8 Å². The molecule has 0 aliphatic heterocycles. The molecule has 8 heteroatoms. The van der Waals surface area contributed by atoms with Gasteiger partial charge in [-0.3, -0.25) is 9.89 Å². The maximum Gasteiger partial charge on any atom is 0.273 e. The zero-order valence-corrected chi connectivity index (χ0v) is 15.7. The minimum Gasteiger partial charge on any atom is -0.497 e. The van der Waals surface area contributed by atoms with Gasteiger partial charge in [0.05, 0.1) is 37.3 Å². The van der Waals surface area contributed by atoms with E-state index in [2.05, 4.69) is 20.5 Å². The monoisotopic (exact) mass is 377 g/mol. The maximum absolute atomic E-state index is 12.6. The average molecular weight is 377 g/mol. The van der Waals surface area contributed by atoms with Gasteiger partial charge in [0.25, 0.3) is 5.91 Å². The van der Waals surface area contributed by atoms with Crippen molar-refractivity contribution in [3.8, 4) is 22.8 Å². The molecular formula is C20H19N5O3. The Morgan fingerprint density at radius 3 is 2.75 bits per heavy atom. The van der Waals surface area contributed by atoms with E-state index < -0.39 is 0 Å². The third-order valence-corrected chi connectivity index (χ3v) is 4.49. The van der Waals surface area contributed by atoms with Crippen LogP contribution in [0, 0.1) is 0 Å². The number of benzene rings is 2. The highest BCUT2D eigenvalue weighted by Crippen LogP contribution is 2.32. The highest BCUT2D eigenvalue weighted by Gasteiger charge is 2.15. The van der Waals surface area contributed by atoms with Gasteiger partial charge in [-0.05, 0) is 36.4 Å². The molecule has 142 valence electrons. The molecule has 0 bridgehead atoms. The second kappa shape index (κ2) is 7.07. The molecular weight excluding hydrogens is 358 g/mol. The van der Waals surface area contributed by atoms with Crippen LogP contribution < -0.4 is 14.8 Å². The second-order valence-electron chi connectivity index (χ2n) is 6.25. The van der Waals surface area contributed by atoms with Crippen LogP contribution in [-0.4, -0.2) is 39.9 Å². The van der Waals surface area contributed by atoms with Crippen LogP contribution >= 0.6 is 0 Å². The Labute approximate surface area is 161 Å². The molecule has 0 aliphatic rings. The summed E-state index contributed by atoms with van der Waals surface area (Å²) in [5.74, 6) is 1.01. The SMILES string of the molecule is COc1ccc(-c2cc(C(=O)Nc3ccc4ncn(C)c4c3)[nH]n2)c(OC)c1. The Morgan fingerprint density at radius 2 is 1.96 bits per heavy atom. The molecule has 8 nitrogen and oxygen atoms in total. The number of aromatic nitrogens is 4. The predicted octanol–water partition coefficient (Wildman–Crippen LogP) is 3.23. The van der Waals surface area contributed by atoms with Gasteiger partial charge in [-0.2, -0.15) is 5.10 Å². The number of anilines is 1. The molecule has 0 fully saturated rings. The van der Waals surface area contributed by atoms with E-state index in [0.717, 1.165) is 16.6 Å². The van der Waals surface area contributed by atoms with Gasteiger partial charge >= 0.3 is 0 Å². The van der Waals surface area contributed by atoms with Crippen LogP contribution in [0.4, 0.5) is 5.69 Å². The first-order chi connectivity index (χ1) is 13.6. The Hall–Kier alpha value is -3.81. The van der Waals surface area contributed by atoms with Crippen molar-refractivity contribution in [3.63, 3.8) is 0 Å². The van der Waals surface area contributed by atoms with E-state index in [-0.39, 0.29) is 5.91 Å². The zero-order valence-electron chi connectivity index (χ0n) is 15.7. The normalized spacial score (nSPS) is 10.8. The largest absolute Gasteiger partial charge is 0.497 e. The fourth-order valence-corrected chi connectivity index (χ4v) is 2.99. The van der Waals surface area contributed by atoms with Gasteiger partial charge in [-0.25, -0.2) is 4.98 Å². The van der Waals surface area contributed by atoms with Crippen LogP contribution in [0.1, 0.15) is 10.5 Å². The third kappa shape index (κ3) is 3.16. The Kier molecular flexibility index (Phi) is 4.44. The Bertz CT molecular complexity index is 1160. The lowest BCUT2D eigenvalue weighted by Gasteiger charge is -2.08. The van der Waals surface area contributed by atoms with E-state index in [0.29, 0.717) is 28.6 Å². The van der Waals surface area contributed by atoms with Gasteiger partial charge in [0.1, 0.15) is 17.2 Å². The molecule has 1 amide bonds. The number of fused-ring (bicyclic) bond motifs is 1. The summed E-state index contributed by atoms with van der Waals surface area (Å²) < 4.78 is 12.5. The topological polar surface area (TPSA) is 94.1 Å². The molecule has 2 aromatic heterocycles. The second-order valence-corrected chi connectivity index (χ2v) is 6.25. The van der Waals surface area contributed by atoms with E-state index in [9.17, 15) is 4.79 Å². The van der Waals surface area contributed by atoms with Crippen LogP contribution in [-0.2, 0) is 7.05 Å². The molecule has 28 heavy (non-hydrogen) atoms. The van der Waals surface area contributed by atoms with Gasteiger partial charge in [-0.1, -0.05) is 0 Å². The van der Waals surface area contributed by atoms with Gasteiger partial charge in [-0.15, -0.1) is 0 Å². The molecule has 0 atom stereocenters. The van der Waals surface area contributed by atoms with Crippen molar-refractivity contribution in [2.24, 2.45) is 7.05 Å². The first-order valence-corrected chi connectivity index (χ1v) is 8.59. The Balaban J connectivity index is 1.58. The number of hydrogen-bond acceptors (Lipinski definition) is 5. The molecule has 0 aliphatic carbocycles. The smallest absolute Gasteiger partial charge is 0.273 e. The molecule has 0 saturated heterocycles. The fraction of sp³-hybridized carbons (Fsp3) is 0.150. The number of imidazole rings is 1. The van der Waals surface area contributed by atoms with Gasteiger partial charge in [0.2, 0.25) is 0 Å². The van der Waals surface area contributed by atoms with Crippen molar-refractivity contribution >= 4 is 22.6 Å². The number of nitrogens with one attached hydrogen (secondary N) is 2. The first-order valence-electron chi connectivity index (χ1n) is 8.59. The lowest BCUT2D eigenvalue weighted by Crippen LogP contribution is -2.12. The summed E-state index contributed by atoms with van der Waals surface area (Å²) in [5, 5.41) is 9.91. The molecule has 4 aromatic rings. The molecule has 0 radical (unpaired) electrons. The molecule has 0 unspecified atom stereocenters. The van der Waals surface area contributed by atoms with E-state index in [1.54, 1.807) is 32.7 Å². The number of amides is 1. The van der Waals surface area contributed by atoms with Gasteiger partial charge in [0, 0.05) is 24.4 Å². The molecule has 0 saturated carbocycles. The van der Waals surface area contributed by atoms with Crippen molar-refractivity contribution in [3.05, 3.63) is 54.5 Å².